The number of carbonyl (C=O) groups is 2. The predicted molar refractivity (Wildman–Crippen MR) is 146 cm³/mol. The van der Waals surface area contributed by atoms with Gasteiger partial charge in [-0.1, -0.05) is 25.3 Å². The number of esters is 1. The molecule has 4 aromatic rings. The fourth-order valence-electron chi connectivity index (χ4n) is 5.66. The van der Waals surface area contributed by atoms with E-state index in [1.54, 1.807) is 23.6 Å². The van der Waals surface area contributed by atoms with Crippen LogP contribution in [0.1, 0.15) is 91.3 Å². The molecule has 1 saturated heterocycles. The summed E-state index contributed by atoms with van der Waals surface area (Å²) in [6.07, 6.45) is 7.24. The lowest BCUT2D eigenvalue weighted by molar-refractivity contribution is 0.0521. The molecular weight excluding hydrogens is 515 g/mol. The highest BCUT2D eigenvalue weighted by molar-refractivity contribution is 5.94. The Hall–Kier alpha value is -4.08. The van der Waals surface area contributed by atoms with Crippen LogP contribution < -0.4 is 5.63 Å². The zero-order chi connectivity index (χ0) is 28.0. The zero-order valence-corrected chi connectivity index (χ0v) is 22.6. The fourth-order valence-corrected chi connectivity index (χ4v) is 5.66. The largest absolute Gasteiger partial charge is 0.462 e. The van der Waals surface area contributed by atoms with E-state index in [-0.39, 0.29) is 46.6 Å². The van der Waals surface area contributed by atoms with Crippen molar-refractivity contribution in [3.05, 3.63) is 63.5 Å². The Labute approximate surface area is 229 Å². The van der Waals surface area contributed by atoms with E-state index in [4.69, 9.17) is 9.15 Å². The molecule has 1 amide bonds. The summed E-state index contributed by atoms with van der Waals surface area (Å²) in [5.74, 6) is -1.44. The van der Waals surface area contributed by atoms with E-state index in [0.717, 1.165) is 50.6 Å². The molecule has 1 aliphatic carbocycles. The van der Waals surface area contributed by atoms with E-state index in [0.29, 0.717) is 23.6 Å². The molecule has 3 aromatic heterocycles. The van der Waals surface area contributed by atoms with Crippen LogP contribution in [0.25, 0.3) is 27.9 Å². The summed E-state index contributed by atoms with van der Waals surface area (Å²) in [5.41, 5.74) is 0.619. The Morgan fingerprint density at radius 1 is 1.10 bits per heavy atom. The Morgan fingerprint density at radius 2 is 1.93 bits per heavy atom. The number of amides is 1. The lowest BCUT2D eigenvalue weighted by Gasteiger charge is -2.29. The molecule has 40 heavy (non-hydrogen) atoms. The second-order valence-electron chi connectivity index (χ2n) is 10.7. The van der Waals surface area contributed by atoms with Crippen LogP contribution in [0, 0.1) is 5.82 Å². The normalized spacial score (nSPS) is 18.1. The number of benzene rings is 1. The molecular formula is C30H31FN4O5. The lowest BCUT2D eigenvalue weighted by Crippen LogP contribution is -2.38. The molecule has 2 fully saturated rings. The van der Waals surface area contributed by atoms with Crippen molar-refractivity contribution in [1.82, 2.24) is 19.5 Å². The molecule has 208 valence electrons. The molecule has 6 rings (SSSR count). The van der Waals surface area contributed by atoms with E-state index < -0.39 is 17.4 Å². The fraction of sp³-hybridized carbons (Fsp3) is 0.433. The second kappa shape index (κ2) is 10.5. The maximum atomic E-state index is 15.7. The van der Waals surface area contributed by atoms with Crippen LogP contribution in [-0.2, 0) is 4.74 Å². The topological polar surface area (TPSA) is 107 Å². The number of likely N-dealkylation sites (tertiary alicyclic amines) is 1. The number of carbonyl (C=O) groups excluding carboxylic acids is 2. The summed E-state index contributed by atoms with van der Waals surface area (Å²) in [4.78, 5) is 44.7. The maximum Gasteiger partial charge on any atom is 0.351 e. The van der Waals surface area contributed by atoms with E-state index in [2.05, 4.69) is 17.0 Å². The van der Waals surface area contributed by atoms with Gasteiger partial charge in [-0.3, -0.25) is 4.79 Å². The minimum Gasteiger partial charge on any atom is -0.462 e. The van der Waals surface area contributed by atoms with Gasteiger partial charge in [0.1, 0.15) is 11.3 Å². The molecule has 1 aromatic carbocycles. The molecule has 0 unspecified atom stereocenters. The van der Waals surface area contributed by atoms with Gasteiger partial charge in [0.15, 0.2) is 17.0 Å². The molecule has 4 heterocycles. The Balaban J connectivity index is 1.43. The zero-order valence-electron chi connectivity index (χ0n) is 22.6. The standard InChI is InChI=1S/C30H31FN4O5/c1-3-39-29(37)21-14-19-11-12-20(26(31)27(19)40-30(21)38)22-16-25-32-23(15-24(35(25)33-22)18-9-7-10-18)28(36)34-13-6-4-5-8-17(34)2/h11-12,14-18H,3-10,13H2,1-2H3/t17-/m1/s1. The van der Waals surface area contributed by atoms with Crippen molar-refractivity contribution < 1.29 is 23.1 Å². The predicted octanol–water partition coefficient (Wildman–Crippen LogP) is 5.49. The van der Waals surface area contributed by atoms with Crippen LogP contribution in [0.3, 0.4) is 0 Å². The third-order valence-corrected chi connectivity index (χ3v) is 8.12. The Kier molecular flexibility index (Phi) is 6.85. The summed E-state index contributed by atoms with van der Waals surface area (Å²) in [6.45, 7) is 4.52. The van der Waals surface area contributed by atoms with Crippen molar-refractivity contribution in [2.24, 2.45) is 0 Å². The summed E-state index contributed by atoms with van der Waals surface area (Å²) in [7, 11) is 0. The van der Waals surface area contributed by atoms with Gasteiger partial charge in [0, 0.05) is 41.2 Å². The van der Waals surface area contributed by atoms with Crippen LogP contribution in [-0.4, -0.2) is 50.6 Å². The number of rotatable bonds is 5. The van der Waals surface area contributed by atoms with Gasteiger partial charge < -0.3 is 14.1 Å². The summed E-state index contributed by atoms with van der Waals surface area (Å²) >= 11 is 0. The molecule has 0 bridgehead atoms. The third kappa shape index (κ3) is 4.55. The number of nitrogens with zero attached hydrogens (tertiary/aromatic N) is 4. The highest BCUT2D eigenvalue weighted by Crippen LogP contribution is 2.38. The molecule has 10 heteroatoms. The van der Waals surface area contributed by atoms with Crippen LogP contribution in [0.2, 0.25) is 0 Å². The molecule has 1 atom stereocenters. The van der Waals surface area contributed by atoms with Gasteiger partial charge in [-0.2, -0.15) is 5.10 Å². The molecule has 9 nitrogen and oxygen atoms in total. The van der Waals surface area contributed by atoms with Crippen LogP contribution in [0.4, 0.5) is 4.39 Å². The number of fused-ring (bicyclic) bond motifs is 2. The average molecular weight is 547 g/mol. The number of hydrogen-bond donors (Lipinski definition) is 0. The first-order valence-corrected chi connectivity index (χ1v) is 14.0. The average Bonchev–Trinajstić information content (AvgIpc) is 3.22. The van der Waals surface area contributed by atoms with Gasteiger partial charge >= 0.3 is 11.6 Å². The minimum atomic E-state index is -0.975. The van der Waals surface area contributed by atoms with Gasteiger partial charge in [-0.05, 0) is 57.7 Å². The quantitative estimate of drug-likeness (QED) is 0.241. The lowest BCUT2D eigenvalue weighted by atomic mass is 9.82. The first-order valence-electron chi connectivity index (χ1n) is 14.0. The van der Waals surface area contributed by atoms with Crippen molar-refractivity contribution in [2.75, 3.05) is 13.2 Å². The van der Waals surface area contributed by atoms with Crippen LogP contribution in [0.5, 0.6) is 0 Å². The van der Waals surface area contributed by atoms with Gasteiger partial charge in [0.2, 0.25) is 0 Å². The second-order valence-corrected chi connectivity index (χ2v) is 10.7. The number of ether oxygens (including phenoxy) is 1. The molecule has 2 aliphatic rings. The van der Waals surface area contributed by atoms with Crippen molar-refractivity contribution >= 4 is 28.5 Å². The van der Waals surface area contributed by atoms with Crippen LogP contribution in [0.15, 0.2) is 39.5 Å². The highest BCUT2D eigenvalue weighted by Gasteiger charge is 2.29. The van der Waals surface area contributed by atoms with Gasteiger partial charge in [0.05, 0.1) is 12.3 Å². The van der Waals surface area contributed by atoms with Crippen molar-refractivity contribution in [2.45, 2.75) is 70.8 Å². The SMILES string of the molecule is CCOC(=O)c1cc2ccc(-c3cc4nc(C(=O)N5CCCCC[C@H]5C)cc(C5CCC5)n4n3)c(F)c2oc1=O. The summed E-state index contributed by atoms with van der Waals surface area (Å²) in [5, 5.41) is 4.93. The van der Waals surface area contributed by atoms with E-state index >= 15 is 4.39 Å². The molecule has 1 saturated carbocycles. The first kappa shape index (κ1) is 26.2. The van der Waals surface area contributed by atoms with Gasteiger partial charge in [-0.25, -0.2) is 23.5 Å². The number of aromatic nitrogens is 3. The minimum absolute atomic E-state index is 0.0868. The molecule has 0 N–H and O–H groups in total. The van der Waals surface area contributed by atoms with E-state index in [1.807, 2.05) is 11.0 Å². The van der Waals surface area contributed by atoms with Gasteiger partial charge in [0.25, 0.3) is 5.91 Å². The molecule has 0 spiro atoms. The number of hydrogen-bond acceptors (Lipinski definition) is 7. The van der Waals surface area contributed by atoms with E-state index in [9.17, 15) is 14.4 Å². The Morgan fingerprint density at radius 3 is 2.67 bits per heavy atom. The summed E-state index contributed by atoms with van der Waals surface area (Å²) < 4.78 is 27.6. The smallest absolute Gasteiger partial charge is 0.351 e. The van der Waals surface area contributed by atoms with Crippen LogP contribution >= 0.6 is 0 Å². The Bertz CT molecular complexity index is 1690. The molecule has 1 aliphatic heterocycles. The maximum absolute atomic E-state index is 15.7. The van der Waals surface area contributed by atoms with Gasteiger partial charge in [-0.15, -0.1) is 0 Å². The summed E-state index contributed by atoms with van der Waals surface area (Å²) in [6, 6.07) is 8.02. The monoisotopic (exact) mass is 546 g/mol. The number of halogens is 1. The van der Waals surface area contributed by atoms with Crippen molar-refractivity contribution in [1.29, 1.82) is 0 Å². The highest BCUT2D eigenvalue weighted by atomic mass is 19.1. The van der Waals surface area contributed by atoms with Crippen molar-refractivity contribution in [3.8, 4) is 11.3 Å². The third-order valence-electron chi connectivity index (χ3n) is 8.12. The molecule has 0 radical (unpaired) electrons. The first-order chi connectivity index (χ1) is 19.4. The van der Waals surface area contributed by atoms with E-state index in [1.165, 1.54) is 12.1 Å². The van der Waals surface area contributed by atoms with Crippen molar-refractivity contribution in [3.63, 3.8) is 0 Å².